The maximum absolute atomic E-state index is 11.5. The molecule has 0 saturated heterocycles. The molecule has 0 unspecified atom stereocenters. The van der Waals surface area contributed by atoms with E-state index in [0.29, 0.717) is 5.39 Å². The number of rotatable bonds is 1. The molecule has 0 aliphatic carbocycles. The van der Waals surface area contributed by atoms with Crippen LogP contribution in [0.2, 0.25) is 0 Å². The van der Waals surface area contributed by atoms with Gasteiger partial charge < -0.3 is 0 Å². The van der Waals surface area contributed by atoms with Crippen molar-refractivity contribution >= 4 is 41.4 Å². The van der Waals surface area contributed by atoms with Crippen LogP contribution in [0.25, 0.3) is 10.1 Å². The van der Waals surface area contributed by atoms with E-state index >= 15 is 0 Å². The molecule has 2 rings (SSSR count). The molecule has 0 saturated carbocycles. The monoisotopic (exact) mass is 263 g/mol. The summed E-state index contributed by atoms with van der Waals surface area (Å²) in [4.78, 5) is 11.5. The highest BCUT2D eigenvalue weighted by molar-refractivity contribution is 8.13. The Kier molecular flexibility index (Phi) is 2.37. The second kappa shape index (κ2) is 3.33. The van der Waals surface area contributed by atoms with Crippen molar-refractivity contribution in [1.29, 1.82) is 0 Å². The number of halogens is 1. The van der Waals surface area contributed by atoms with Gasteiger partial charge in [0, 0.05) is 17.7 Å². The predicted octanol–water partition coefficient (Wildman–Crippen LogP) is 1.53. The van der Waals surface area contributed by atoms with Crippen molar-refractivity contribution < 1.29 is 8.42 Å². The molecule has 1 aromatic heterocycles. The van der Waals surface area contributed by atoms with Gasteiger partial charge in [-0.25, -0.2) is 8.42 Å². The van der Waals surface area contributed by atoms with E-state index in [0.717, 1.165) is 4.70 Å². The molecule has 15 heavy (non-hydrogen) atoms. The number of hydrogen-bond acceptors (Lipinski definition) is 4. The minimum absolute atomic E-state index is 0.0489. The summed E-state index contributed by atoms with van der Waals surface area (Å²) >= 11 is 1.26. The Balaban J connectivity index is 2.87. The largest absolute Gasteiger partial charge is 0.268 e. The van der Waals surface area contributed by atoms with E-state index in [1.165, 1.54) is 27.6 Å². The third kappa shape index (κ3) is 1.80. The van der Waals surface area contributed by atoms with Gasteiger partial charge in [0.1, 0.15) is 0 Å². The summed E-state index contributed by atoms with van der Waals surface area (Å²) in [5, 5.41) is 0.379. The van der Waals surface area contributed by atoms with Gasteiger partial charge in [-0.2, -0.15) is 0 Å². The van der Waals surface area contributed by atoms with Crippen LogP contribution in [0.15, 0.2) is 27.9 Å². The Morgan fingerprint density at radius 2 is 2.07 bits per heavy atom. The van der Waals surface area contributed by atoms with Crippen LogP contribution in [-0.4, -0.2) is 12.4 Å². The van der Waals surface area contributed by atoms with E-state index in [4.69, 9.17) is 10.7 Å². The first-order valence-electron chi connectivity index (χ1n) is 3.94. The van der Waals surface area contributed by atoms with Gasteiger partial charge >= 0.3 is 0 Å². The van der Waals surface area contributed by atoms with Crippen LogP contribution in [-0.2, 0) is 16.1 Å². The molecule has 0 radical (unpaired) electrons. The van der Waals surface area contributed by atoms with Gasteiger partial charge in [0.05, 0.1) is 15.0 Å². The lowest BCUT2D eigenvalue weighted by atomic mass is 10.3. The third-order valence-electron chi connectivity index (χ3n) is 1.98. The molecule has 80 valence electrons. The van der Waals surface area contributed by atoms with Gasteiger partial charge in [0.2, 0.25) is 0 Å². The van der Waals surface area contributed by atoms with Crippen molar-refractivity contribution in [3.8, 4) is 0 Å². The predicted molar refractivity (Wildman–Crippen MR) is 60.1 cm³/mol. The van der Waals surface area contributed by atoms with E-state index in [1.54, 1.807) is 13.1 Å². The number of fused-ring (bicyclic) bond motifs is 1. The summed E-state index contributed by atoms with van der Waals surface area (Å²) in [7, 11) is 3.04. The lowest BCUT2D eigenvalue weighted by Gasteiger charge is -1.93. The van der Waals surface area contributed by atoms with Crippen molar-refractivity contribution in [2.24, 2.45) is 7.05 Å². The Morgan fingerprint density at radius 1 is 1.40 bits per heavy atom. The van der Waals surface area contributed by atoms with Crippen molar-refractivity contribution in [3.05, 3.63) is 28.6 Å². The molecule has 0 atom stereocenters. The molecule has 0 fully saturated rings. The molecule has 0 amide bonds. The Morgan fingerprint density at radius 3 is 2.67 bits per heavy atom. The maximum Gasteiger partial charge on any atom is 0.268 e. The van der Waals surface area contributed by atoms with Crippen molar-refractivity contribution in [2.45, 2.75) is 4.90 Å². The Bertz CT molecular complexity index is 683. The van der Waals surface area contributed by atoms with Crippen LogP contribution in [0, 0.1) is 0 Å². The first-order chi connectivity index (χ1) is 6.89. The number of aromatic nitrogens is 1. The standard InChI is InChI=1S/C8H6ClNO3S2/c1-10-8(11)6-4-5(15(9,12)13)2-3-7(6)14-10/h2-4H,1H3. The van der Waals surface area contributed by atoms with E-state index < -0.39 is 9.05 Å². The van der Waals surface area contributed by atoms with Gasteiger partial charge in [-0.1, -0.05) is 11.5 Å². The van der Waals surface area contributed by atoms with E-state index in [1.807, 2.05) is 0 Å². The Hall–Kier alpha value is -0.850. The molecule has 1 heterocycles. The molecule has 0 aliphatic rings. The molecule has 1 aromatic carbocycles. The van der Waals surface area contributed by atoms with Gasteiger partial charge in [-0.15, -0.1) is 0 Å². The summed E-state index contributed by atoms with van der Waals surface area (Å²) in [5.41, 5.74) is -0.211. The average molecular weight is 264 g/mol. The topological polar surface area (TPSA) is 56.1 Å². The molecule has 0 spiro atoms. The summed E-state index contributed by atoms with van der Waals surface area (Å²) in [5.74, 6) is 0. The van der Waals surface area contributed by atoms with Crippen LogP contribution in [0.4, 0.5) is 0 Å². The summed E-state index contributed by atoms with van der Waals surface area (Å²) in [6, 6.07) is 4.27. The SMILES string of the molecule is Cn1sc2ccc(S(=O)(=O)Cl)cc2c1=O. The summed E-state index contributed by atoms with van der Waals surface area (Å²) < 4.78 is 24.3. The minimum atomic E-state index is -3.77. The van der Waals surface area contributed by atoms with Crippen LogP contribution < -0.4 is 5.56 Å². The molecule has 4 nitrogen and oxygen atoms in total. The van der Waals surface area contributed by atoms with Crippen LogP contribution >= 0.6 is 22.2 Å². The molecule has 0 aliphatic heterocycles. The fraction of sp³-hybridized carbons (Fsp3) is 0.125. The lowest BCUT2D eigenvalue weighted by Crippen LogP contribution is -2.07. The fourth-order valence-electron chi connectivity index (χ4n) is 1.27. The molecular weight excluding hydrogens is 258 g/mol. The number of aryl methyl sites for hydroxylation is 1. The fourth-order valence-corrected chi connectivity index (χ4v) is 2.89. The first kappa shape index (κ1) is 10.7. The second-order valence-corrected chi connectivity index (χ2v) is 6.73. The Labute approximate surface area is 94.3 Å². The third-order valence-corrected chi connectivity index (χ3v) is 4.33. The number of hydrogen-bond donors (Lipinski definition) is 0. The smallest absolute Gasteiger partial charge is 0.268 e. The van der Waals surface area contributed by atoms with Gasteiger partial charge in [-0.05, 0) is 18.2 Å². The zero-order valence-electron chi connectivity index (χ0n) is 7.60. The van der Waals surface area contributed by atoms with Gasteiger partial charge in [0.15, 0.2) is 0 Å². The highest BCUT2D eigenvalue weighted by Gasteiger charge is 2.13. The maximum atomic E-state index is 11.5. The van der Waals surface area contributed by atoms with Crippen LogP contribution in [0.1, 0.15) is 0 Å². The van der Waals surface area contributed by atoms with Gasteiger partial charge in [0.25, 0.3) is 14.6 Å². The van der Waals surface area contributed by atoms with Crippen molar-refractivity contribution in [3.63, 3.8) is 0 Å². The minimum Gasteiger partial charge on any atom is -0.268 e. The normalized spacial score (nSPS) is 12.1. The zero-order chi connectivity index (χ0) is 11.2. The number of nitrogens with zero attached hydrogens (tertiary/aromatic N) is 1. The second-order valence-electron chi connectivity index (χ2n) is 2.99. The van der Waals surface area contributed by atoms with Crippen LogP contribution in [0.3, 0.4) is 0 Å². The van der Waals surface area contributed by atoms with Crippen molar-refractivity contribution in [2.75, 3.05) is 0 Å². The highest BCUT2D eigenvalue weighted by atomic mass is 35.7. The highest BCUT2D eigenvalue weighted by Crippen LogP contribution is 2.22. The van der Waals surface area contributed by atoms with E-state index in [-0.39, 0.29) is 10.5 Å². The van der Waals surface area contributed by atoms with Gasteiger partial charge in [-0.3, -0.25) is 8.75 Å². The molecule has 2 aromatic rings. The quantitative estimate of drug-likeness (QED) is 0.733. The summed E-state index contributed by atoms with van der Waals surface area (Å²) in [6.07, 6.45) is 0. The average Bonchev–Trinajstić information content (AvgIpc) is 2.41. The van der Waals surface area contributed by atoms with Crippen molar-refractivity contribution in [1.82, 2.24) is 3.96 Å². The van der Waals surface area contributed by atoms with Crippen LogP contribution in [0.5, 0.6) is 0 Å². The first-order valence-corrected chi connectivity index (χ1v) is 7.02. The zero-order valence-corrected chi connectivity index (χ0v) is 9.99. The lowest BCUT2D eigenvalue weighted by molar-refractivity contribution is 0.609. The summed E-state index contributed by atoms with van der Waals surface area (Å²) in [6.45, 7) is 0. The number of benzene rings is 1. The van der Waals surface area contributed by atoms with E-state index in [2.05, 4.69) is 0 Å². The molecule has 0 bridgehead atoms. The molecule has 7 heteroatoms. The van der Waals surface area contributed by atoms with E-state index in [9.17, 15) is 13.2 Å². The molecule has 0 N–H and O–H groups in total. The molecular formula is C8H6ClNO3S2.